The fourth-order valence-electron chi connectivity index (χ4n) is 9.70. The van der Waals surface area contributed by atoms with Gasteiger partial charge in [-0.25, -0.2) is 0 Å². The van der Waals surface area contributed by atoms with Crippen molar-refractivity contribution in [2.75, 3.05) is 4.90 Å². The summed E-state index contributed by atoms with van der Waals surface area (Å²) in [7, 11) is 0. The summed E-state index contributed by atoms with van der Waals surface area (Å²) in [6, 6.07) is 71.9. The van der Waals surface area contributed by atoms with Crippen molar-refractivity contribution >= 4 is 60.9 Å². The number of rotatable bonds is 6. The van der Waals surface area contributed by atoms with E-state index in [0.29, 0.717) is 0 Å². The van der Waals surface area contributed by atoms with E-state index in [9.17, 15) is 0 Å². The Kier molecular flexibility index (Phi) is 7.58. The van der Waals surface area contributed by atoms with E-state index in [4.69, 9.17) is 8.83 Å². The molecule has 0 saturated heterocycles. The van der Waals surface area contributed by atoms with Crippen LogP contribution in [0.4, 0.5) is 17.1 Å². The highest BCUT2D eigenvalue weighted by molar-refractivity contribution is 6.27. The van der Waals surface area contributed by atoms with Crippen LogP contribution in [0.2, 0.25) is 0 Å². The van der Waals surface area contributed by atoms with Crippen LogP contribution in [0, 0.1) is 0 Å². The third-order valence-corrected chi connectivity index (χ3v) is 12.7. The summed E-state index contributed by atoms with van der Waals surface area (Å²) in [6.45, 7) is 4.69. The molecular formula is C57H39NO2. The number of hydrogen-bond donors (Lipinski definition) is 0. The zero-order valence-electron chi connectivity index (χ0n) is 33.3. The van der Waals surface area contributed by atoms with Crippen LogP contribution in [-0.2, 0) is 5.41 Å². The second kappa shape index (κ2) is 13.2. The Balaban J connectivity index is 1.02. The summed E-state index contributed by atoms with van der Waals surface area (Å²) in [5, 5.41) is 4.33. The lowest BCUT2D eigenvalue weighted by atomic mass is 9.82. The first kappa shape index (κ1) is 34.4. The van der Waals surface area contributed by atoms with Gasteiger partial charge in [-0.3, -0.25) is 0 Å². The standard InChI is InChI=1S/C57H39NO2/c1-57(2)49-19-11-9-17-44(49)45-30-29-43(35-50(45)57)58(41-25-21-37(22-26-41)36-13-5-3-6-14-36)42-27-23-38(24-28-42)40-33-47(39-15-7-4-8-16-39)56-48(34-40)55-53(60-56)32-31-52-54(55)46-18-10-12-20-51(46)59-52/h3-35H,1-2H3. The van der Waals surface area contributed by atoms with Crippen molar-refractivity contribution in [1.82, 2.24) is 0 Å². The maximum Gasteiger partial charge on any atom is 0.143 e. The van der Waals surface area contributed by atoms with Gasteiger partial charge in [0.2, 0.25) is 0 Å². The highest BCUT2D eigenvalue weighted by Gasteiger charge is 2.35. The molecular weight excluding hydrogens is 731 g/mol. The number of hydrogen-bond acceptors (Lipinski definition) is 3. The molecule has 0 radical (unpaired) electrons. The number of anilines is 3. The molecule has 12 rings (SSSR count). The largest absolute Gasteiger partial charge is 0.456 e. The number of benzene rings is 9. The molecule has 0 amide bonds. The SMILES string of the molecule is CC1(C)c2ccccc2-c2ccc(N(c3ccc(-c4ccccc4)cc3)c3ccc(-c4cc(-c5ccccc5)c5oc6ccc7oc8ccccc8c7c6c5c4)cc3)cc21. The number of furan rings is 2. The van der Waals surface area contributed by atoms with E-state index in [1.54, 1.807) is 0 Å². The van der Waals surface area contributed by atoms with E-state index >= 15 is 0 Å². The lowest BCUT2D eigenvalue weighted by Gasteiger charge is -2.28. The summed E-state index contributed by atoms with van der Waals surface area (Å²) in [5.74, 6) is 0. The van der Waals surface area contributed by atoms with Crippen molar-refractivity contribution < 1.29 is 8.83 Å². The minimum absolute atomic E-state index is 0.116. The van der Waals surface area contributed by atoms with Gasteiger partial charge in [-0.1, -0.05) is 147 Å². The molecule has 9 aromatic carbocycles. The Labute approximate surface area is 348 Å². The van der Waals surface area contributed by atoms with E-state index in [1.165, 1.54) is 33.4 Å². The van der Waals surface area contributed by atoms with E-state index in [-0.39, 0.29) is 5.41 Å². The molecule has 3 nitrogen and oxygen atoms in total. The zero-order valence-corrected chi connectivity index (χ0v) is 33.3. The molecule has 0 spiro atoms. The molecule has 11 aromatic rings. The van der Waals surface area contributed by atoms with Gasteiger partial charge in [-0.05, 0) is 117 Å². The van der Waals surface area contributed by atoms with E-state index in [2.05, 4.69) is 195 Å². The maximum absolute atomic E-state index is 6.76. The molecule has 1 aliphatic carbocycles. The average molecular weight is 770 g/mol. The molecule has 0 unspecified atom stereocenters. The number of para-hydroxylation sites is 1. The molecule has 2 aromatic heterocycles. The minimum atomic E-state index is -0.116. The Morgan fingerprint density at radius 3 is 1.63 bits per heavy atom. The van der Waals surface area contributed by atoms with Gasteiger partial charge < -0.3 is 13.7 Å². The monoisotopic (exact) mass is 769 g/mol. The highest BCUT2D eigenvalue weighted by Crippen LogP contribution is 2.51. The van der Waals surface area contributed by atoms with E-state index < -0.39 is 0 Å². The van der Waals surface area contributed by atoms with Gasteiger partial charge in [0.25, 0.3) is 0 Å². The van der Waals surface area contributed by atoms with Crippen LogP contribution < -0.4 is 4.90 Å². The molecule has 0 saturated carbocycles. The summed E-state index contributed by atoms with van der Waals surface area (Å²) in [6.07, 6.45) is 0. The van der Waals surface area contributed by atoms with Crippen molar-refractivity contribution in [2.45, 2.75) is 19.3 Å². The Morgan fingerprint density at radius 2 is 0.900 bits per heavy atom. The Morgan fingerprint density at radius 1 is 0.350 bits per heavy atom. The van der Waals surface area contributed by atoms with Gasteiger partial charge in [0.1, 0.15) is 22.3 Å². The molecule has 3 heteroatoms. The van der Waals surface area contributed by atoms with E-state index in [0.717, 1.165) is 83.2 Å². The van der Waals surface area contributed by atoms with Crippen molar-refractivity contribution in [3.05, 3.63) is 211 Å². The van der Waals surface area contributed by atoms with Gasteiger partial charge in [-0.15, -0.1) is 0 Å². The maximum atomic E-state index is 6.76. The van der Waals surface area contributed by atoms with Crippen molar-refractivity contribution in [2.24, 2.45) is 0 Å². The second-order valence-electron chi connectivity index (χ2n) is 16.5. The first-order valence-electron chi connectivity index (χ1n) is 20.7. The fraction of sp³-hybridized carbons (Fsp3) is 0.0526. The molecule has 0 N–H and O–H groups in total. The van der Waals surface area contributed by atoms with Crippen LogP contribution in [0.1, 0.15) is 25.0 Å². The zero-order chi connectivity index (χ0) is 40.0. The average Bonchev–Trinajstić information content (AvgIpc) is 3.94. The summed E-state index contributed by atoms with van der Waals surface area (Å²) >= 11 is 0. The molecule has 60 heavy (non-hydrogen) atoms. The Bertz CT molecular complexity index is 3430. The van der Waals surface area contributed by atoms with Crippen LogP contribution in [0.15, 0.2) is 209 Å². The lowest BCUT2D eigenvalue weighted by Crippen LogP contribution is -2.16. The minimum Gasteiger partial charge on any atom is -0.456 e. The second-order valence-corrected chi connectivity index (χ2v) is 16.5. The summed E-state index contributed by atoms with van der Waals surface area (Å²) in [4.78, 5) is 2.39. The summed E-state index contributed by atoms with van der Waals surface area (Å²) in [5.41, 5.74) is 18.8. The van der Waals surface area contributed by atoms with Gasteiger partial charge >= 0.3 is 0 Å². The predicted octanol–water partition coefficient (Wildman–Crippen LogP) is 16.3. The molecule has 0 aliphatic heterocycles. The first-order chi connectivity index (χ1) is 29.5. The van der Waals surface area contributed by atoms with Crippen LogP contribution in [0.5, 0.6) is 0 Å². The normalized spacial score (nSPS) is 13.0. The lowest BCUT2D eigenvalue weighted by molar-refractivity contribution is 0.660. The number of nitrogens with zero attached hydrogens (tertiary/aromatic N) is 1. The quantitative estimate of drug-likeness (QED) is 0.169. The van der Waals surface area contributed by atoms with Gasteiger partial charge in [-0.2, -0.15) is 0 Å². The summed E-state index contributed by atoms with van der Waals surface area (Å²) < 4.78 is 13.1. The topological polar surface area (TPSA) is 29.5 Å². The van der Waals surface area contributed by atoms with Gasteiger partial charge in [0, 0.05) is 49.6 Å². The van der Waals surface area contributed by atoms with Gasteiger partial charge in [0.15, 0.2) is 0 Å². The molecule has 0 bridgehead atoms. The smallest absolute Gasteiger partial charge is 0.143 e. The Hall–Kier alpha value is -7.62. The van der Waals surface area contributed by atoms with Crippen molar-refractivity contribution in [3.63, 3.8) is 0 Å². The van der Waals surface area contributed by atoms with Crippen LogP contribution in [-0.4, -0.2) is 0 Å². The van der Waals surface area contributed by atoms with Crippen molar-refractivity contribution in [1.29, 1.82) is 0 Å². The first-order valence-corrected chi connectivity index (χ1v) is 20.7. The van der Waals surface area contributed by atoms with Crippen LogP contribution in [0.3, 0.4) is 0 Å². The molecule has 0 fully saturated rings. The van der Waals surface area contributed by atoms with E-state index in [1.807, 2.05) is 24.3 Å². The number of fused-ring (bicyclic) bond motifs is 10. The fourth-order valence-corrected chi connectivity index (χ4v) is 9.70. The molecule has 284 valence electrons. The van der Waals surface area contributed by atoms with Crippen LogP contribution in [0.25, 0.3) is 88.4 Å². The third-order valence-electron chi connectivity index (χ3n) is 12.7. The van der Waals surface area contributed by atoms with Gasteiger partial charge in [0.05, 0.1) is 0 Å². The van der Waals surface area contributed by atoms with Crippen LogP contribution >= 0.6 is 0 Å². The molecule has 0 atom stereocenters. The molecule has 2 heterocycles. The molecule has 1 aliphatic rings. The predicted molar refractivity (Wildman–Crippen MR) is 250 cm³/mol. The third kappa shape index (κ3) is 5.29. The highest BCUT2D eigenvalue weighted by atomic mass is 16.3. The van der Waals surface area contributed by atoms with Crippen molar-refractivity contribution in [3.8, 4) is 44.5 Å².